The highest BCUT2D eigenvalue weighted by Gasteiger charge is 2.16. The molecule has 0 saturated carbocycles. The first kappa shape index (κ1) is 12.9. The van der Waals surface area contributed by atoms with E-state index in [0.717, 1.165) is 6.42 Å². The van der Waals surface area contributed by atoms with Gasteiger partial charge in [-0.15, -0.1) is 0 Å². The first-order valence-corrected chi connectivity index (χ1v) is 5.66. The molecule has 6 heteroatoms. The largest absolute Gasteiger partial charge is 0.490 e. The summed E-state index contributed by atoms with van der Waals surface area (Å²) in [6, 6.07) is 4.55. The minimum Gasteiger partial charge on any atom is -0.490 e. The van der Waals surface area contributed by atoms with Gasteiger partial charge in [-0.05, 0) is 17.7 Å². The van der Waals surface area contributed by atoms with E-state index >= 15 is 0 Å². The maximum absolute atomic E-state index is 11.1. The zero-order valence-electron chi connectivity index (χ0n) is 9.96. The van der Waals surface area contributed by atoms with Gasteiger partial charge in [0.25, 0.3) is 0 Å². The molecule has 19 heavy (non-hydrogen) atoms. The van der Waals surface area contributed by atoms with Gasteiger partial charge in [-0.25, -0.2) is 9.59 Å². The third-order valence-corrected chi connectivity index (χ3v) is 2.56. The fourth-order valence-corrected chi connectivity index (χ4v) is 1.72. The number of aliphatic carboxylic acids is 2. The van der Waals surface area contributed by atoms with Crippen molar-refractivity contribution in [3.63, 3.8) is 0 Å². The quantitative estimate of drug-likeness (QED) is 0.801. The highest BCUT2D eigenvalue weighted by molar-refractivity contribution is 6.19. The number of ether oxygens (including phenoxy) is 2. The Labute approximate surface area is 108 Å². The average Bonchev–Trinajstić information content (AvgIpc) is 2.59. The molecule has 0 spiro atoms. The van der Waals surface area contributed by atoms with E-state index in [1.165, 1.54) is 12.1 Å². The Bertz CT molecular complexity index is 546. The van der Waals surface area contributed by atoms with Gasteiger partial charge in [0.05, 0.1) is 18.8 Å². The molecule has 0 aliphatic carbocycles. The number of carboxylic acid groups (broad SMARTS) is 2. The van der Waals surface area contributed by atoms with Gasteiger partial charge in [0, 0.05) is 12.5 Å². The van der Waals surface area contributed by atoms with Crippen molar-refractivity contribution in [1.29, 1.82) is 0 Å². The smallest absolute Gasteiger partial charge is 0.336 e. The fraction of sp³-hybridized carbons (Fsp3) is 0.231. The van der Waals surface area contributed by atoms with Crippen LogP contribution in [-0.4, -0.2) is 35.4 Å². The Morgan fingerprint density at radius 3 is 2.42 bits per heavy atom. The molecule has 0 atom stereocenters. The summed E-state index contributed by atoms with van der Waals surface area (Å²) >= 11 is 0. The van der Waals surface area contributed by atoms with Gasteiger partial charge in [-0.3, -0.25) is 0 Å². The molecule has 1 aromatic carbocycles. The minimum atomic E-state index is -1.32. The number of fused-ring (bicyclic) bond motifs is 1. The summed E-state index contributed by atoms with van der Waals surface area (Å²) in [5.41, 5.74) is -0.0395. The van der Waals surface area contributed by atoms with E-state index in [2.05, 4.69) is 0 Å². The van der Waals surface area contributed by atoms with E-state index in [1.807, 2.05) is 0 Å². The molecule has 0 unspecified atom stereocenters. The Morgan fingerprint density at radius 1 is 1.11 bits per heavy atom. The maximum Gasteiger partial charge on any atom is 0.336 e. The molecule has 0 fully saturated rings. The molecule has 0 radical (unpaired) electrons. The van der Waals surface area contributed by atoms with E-state index in [9.17, 15) is 9.59 Å². The zero-order valence-corrected chi connectivity index (χ0v) is 9.96. The highest BCUT2D eigenvalue weighted by Crippen LogP contribution is 2.32. The molecule has 1 aromatic rings. The van der Waals surface area contributed by atoms with Crippen LogP contribution in [0.15, 0.2) is 24.3 Å². The van der Waals surface area contributed by atoms with Gasteiger partial charge in [0.15, 0.2) is 11.5 Å². The van der Waals surface area contributed by atoms with Gasteiger partial charge in [-0.2, -0.15) is 0 Å². The first-order valence-electron chi connectivity index (χ1n) is 5.66. The third-order valence-electron chi connectivity index (χ3n) is 2.56. The number of carbonyl (C=O) groups is 2. The average molecular weight is 264 g/mol. The Hall–Kier alpha value is -2.50. The summed E-state index contributed by atoms with van der Waals surface area (Å²) in [5.74, 6) is -1.67. The van der Waals surface area contributed by atoms with Gasteiger partial charge < -0.3 is 19.7 Å². The van der Waals surface area contributed by atoms with Crippen molar-refractivity contribution in [2.24, 2.45) is 0 Å². The van der Waals surface area contributed by atoms with Crippen LogP contribution in [0.3, 0.4) is 0 Å². The molecule has 100 valence electrons. The van der Waals surface area contributed by atoms with Crippen LogP contribution in [0, 0.1) is 0 Å². The molecule has 0 bridgehead atoms. The van der Waals surface area contributed by atoms with Crippen molar-refractivity contribution in [1.82, 2.24) is 0 Å². The van der Waals surface area contributed by atoms with Crippen LogP contribution in [0.2, 0.25) is 0 Å². The molecule has 2 N–H and O–H groups in total. The van der Waals surface area contributed by atoms with Gasteiger partial charge in [0.2, 0.25) is 0 Å². The van der Waals surface area contributed by atoms with E-state index in [0.29, 0.717) is 30.8 Å². The second-order valence-corrected chi connectivity index (χ2v) is 3.91. The van der Waals surface area contributed by atoms with Crippen LogP contribution in [0.4, 0.5) is 0 Å². The molecule has 6 nitrogen and oxygen atoms in total. The summed E-state index contributed by atoms with van der Waals surface area (Å²) in [6.07, 6.45) is 1.39. The lowest BCUT2D eigenvalue weighted by Crippen LogP contribution is -2.03. The van der Waals surface area contributed by atoms with Gasteiger partial charge >= 0.3 is 11.9 Å². The lowest BCUT2D eigenvalue weighted by molar-refractivity contribution is -0.133. The van der Waals surface area contributed by atoms with Crippen molar-refractivity contribution in [3.8, 4) is 11.5 Å². The minimum absolute atomic E-state index is 0.263. The second-order valence-electron chi connectivity index (χ2n) is 3.91. The SMILES string of the molecule is O=C(O)/C=C(\C(=O)O)c1ccc2c(c1)OCCCO2. The summed E-state index contributed by atoms with van der Waals surface area (Å²) in [5, 5.41) is 17.7. The third kappa shape index (κ3) is 3.04. The molecule has 2 rings (SSSR count). The normalized spacial score (nSPS) is 14.6. The van der Waals surface area contributed by atoms with Crippen LogP contribution in [0.5, 0.6) is 11.5 Å². The summed E-state index contributed by atoms with van der Waals surface area (Å²) in [7, 11) is 0. The zero-order chi connectivity index (χ0) is 13.8. The van der Waals surface area contributed by atoms with Crippen LogP contribution in [0.25, 0.3) is 5.57 Å². The molecular weight excluding hydrogens is 252 g/mol. The summed E-state index contributed by atoms with van der Waals surface area (Å²) < 4.78 is 10.8. The summed E-state index contributed by atoms with van der Waals surface area (Å²) in [6.45, 7) is 1.00. The molecular formula is C13H12O6. The van der Waals surface area contributed by atoms with E-state index in [4.69, 9.17) is 19.7 Å². The highest BCUT2D eigenvalue weighted by atomic mass is 16.5. The Balaban J connectivity index is 2.42. The topological polar surface area (TPSA) is 93.1 Å². The number of hydrogen-bond donors (Lipinski definition) is 2. The van der Waals surface area contributed by atoms with Crippen molar-refractivity contribution in [2.75, 3.05) is 13.2 Å². The Kier molecular flexibility index (Phi) is 3.70. The Morgan fingerprint density at radius 2 is 1.79 bits per heavy atom. The van der Waals surface area contributed by atoms with Gasteiger partial charge in [0.1, 0.15) is 0 Å². The van der Waals surface area contributed by atoms with Crippen molar-refractivity contribution in [2.45, 2.75) is 6.42 Å². The van der Waals surface area contributed by atoms with E-state index < -0.39 is 11.9 Å². The second kappa shape index (κ2) is 5.43. The number of hydrogen-bond acceptors (Lipinski definition) is 4. The first-order chi connectivity index (χ1) is 9.08. The molecule has 0 saturated heterocycles. The molecule has 1 aliphatic rings. The standard InChI is InChI=1S/C13H12O6/c14-12(15)7-9(13(16)17)8-2-3-10-11(6-8)19-5-1-4-18-10/h2-3,6-7H,1,4-5H2,(H,14,15)(H,16,17)/b9-7-. The van der Waals surface area contributed by atoms with Crippen molar-refractivity contribution < 1.29 is 29.3 Å². The predicted molar refractivity (Wildman–Crippen MR) is 65.3 cm³/mol. The number of benzene rings is 1. The summed E-state index contributed by atoms with van der Waals surface area (Å²) in [4.78, 5) is 21.7. The number of rotatable bonds is 3. The van der Waals surface area contributed by atoms with Gasteiger partial charge in [-0.1, -0.05) is 6.07 Å². The lowest BCUT2D eigenvalue weighted by atomic mass is 10.0. The van der Waals surface area contributed by atoms with Crippen molar-refractivity contribution in [3.05, 3.63) is 29.8 Å². The van der Waals surface area contributed by atoms with E-state index in [-0.39, 0.29) is 11.1 Å². The van der Waals surface area contributed by atoms with Crippen LogP contribution < -0.4 is 9.47 Å². The molecule has 0 amide bonds. The van der Waals surface area contributed by atoms with Crippen LogP contribution >= 0.6 is 0 Å². The van der Waals surface area contributed by atoms with Crippen LogP contribution in [-0.2, 0) is 9.59 Å². The van der Waals surface area contributed by atoms with Crippen molar-refractivity contribution >= 4 is 17.5 Å². The maximum atomic E-state index is 11.1. The monoisotopic (exact) mass is 264 g/mol. The molecule has 1 aliphatic heterocycles. The molecule has 1 heterocycles. The predicted octanol–water partition coefficient (Wildman–Crippen LogP) is 1.40. The molecule has 0 aromatic heterocycles. The fourth-order valence-electron chi connectivity index (χ4n) is 1.72. The lowest BCUT2D eigenvalue weighted by Gasteiger charge is -2.09. The van der Waals surface area contributed by atoms with E-state index in [1.54, 1.807) is 6.07 Å². The van der Waals surface area contributed by atoms with Crippen LogP contribution in [0.1, 0.15) is 12.0 Å². The number of carboxylic acids is 2.